The Balaban J connectivity index is 1.65. The molecule has 100 valence electrons. The monoisotopic (exact) mass is 256 g/mol. The van der Waals surface area contributed by atoms with Crippen molar-refractivity contribution < 1.29 is 0 Å². The van der Waals surface area contributed by atoms with E-state index < -0.39 is 0 Å². The maximum atomic E-state index is 4.55. The van der Waals surface area contributed by atoms with Crippen molar-refractivity contribution in [2.45, 2.75) is 38.6 Å². The highest BCUT2D eigenvalue weighted by Crippen LogP contribution is 2.45. The van der Waals surface area contributed by atoms with Gasteiger partial charge < -0.3 is 5.32 Å². The summed E-state index contributed by atoms with van der Waals surface area (Å²) >= 11 is 0. The molecule has 0 unspecified atom stereocenters. The van der Waals surface area contributed by atoms with E-state index in [1.807, 2.05) is 24.9 Å². The van der Waals surface area contributed by atoms with E-state index in [-0.39, 0.29) is 0 Å². The van der Waals surface area contributed by atoms with Crippen LogP contribution in [0, 0.1) is 18.8 Å². The van der Waals surface area contributed by atoms with Crippen LogP contribution < -0.4 is 5.32 Å². The summed E-state index contributed by atoms with van der Waals surface area (Å²) in [6.07, 6.45) is 7.55. The number of nitrogens with one attached hydrogen (secondary N) is 1. The van der Waals surface area contributed by atoms with Crippen LogP contribution in [-0.4, -0.2) is 20.8 Å². The average molecular weight is 256 g/mol. The predicted octanol–water partition coefficient (Wildman–Crippen LogP) is 2.88. The summed E-state index contributed by atoms with van der Waals surface area (Å²) < 4.78 is 1.85. The molecular weight excluding hydrogens is 236 g/mol. The second-order valence-electron chi connectivity index (χ2n) is 6.15. The van der Waals surface area contributed by atoms with Crippen molar-refractivity contribution in [2.24, 2.45) is 18.9 Å². The molecule has 4 nitrogen and oxygen atoms in total. The van der Waals surface area contributed by atoms with E-state index in [0.29, 0.717) is 6.04 Å². The number of pyridine rings is 1. The van der Waals surface area contributed by atoms with Crippen LogP contribution in [0.2, 0.25) is 0 Å². The van der Waals surface area contributed by atoms with Gasteiger partial charge in [-0.05, 0) is 50.5 Å². The highest BCUT2D eigenvalue weighted by Gasteiger charge is 2.41. The number of rotatable bonds is 4. The van der Waals surface area contributed by atoms with Crippen molar-refractivity contribution in [3.8, 4) is 0 Å². The van der Waals surface area contributed by atoms with Crippen LogP contribution in [0.15, 0.2) is 12.3 Å². The Morgan fingerprint density at radius 3 is 2.58 bits per heavy atom. The van der Waals surface area contributed by atoms with Gasteiger partial charge in [0.05, 0.1) is 17.6 Å². The molecule has 0 spiro atoms. The number of fused-ring (bicyclic) bond motifs is 1. The van der Waals surface area contributed by atoms with Gasteiger partial charge in [0.25, 0.3) is 0 Å². The molecule has 1 N–H and O–H groups in total. The van der Waals surface area contributed by atoms with Gasteiger partial charge in [-0.2, -0.15) is 5.10 Å². The first kappa shape index (κ1) is 11.3. The standard InChI is InChI=1S/C15H20N4/c1-9-13-7-12(8-16-15(13)19(2)18-9)17-14(10-3-4-10)11-5-6-11/h7-8,10-11,14,17H,3-6H2,1-2H3. The van der Waals surface area contributed by atoms with E-state index >= 15 is 0 Å². The van der Waals surface area contributed by atoms with Crippen LogP contribution in [0.25, 0.3) is 11.0 Å². The van der Waals surface area contributed by atoms with Gasteiger partial charge in [-0.15, -0.1) is 0 Å². The highest BCUT2D eigenvalue weighted by molar-refractivity contribution is 5.81. The van der Waals surface area contributed by atoms with Crippen LogP contribution in [-0.2, 0) is 7.05 Å². The molecule has 0 radical (unpaired) electrons. The maximum absolute atomic E-state index is 4.55. The topological polar surface area (TPSA) is 42.7 Å². The van der Waals surface area contributed by atoms with Gasteiger partial charge in [0.15, 0.2) is 5.65 Å². The summed E-state index contributed by atoms with van der Waals surface area (Å²) in [4.78, 5) is 4.55. The summed E-state index contributed by atoms with van der Waals surface area (Å²) in [5.74, 6) is 1.80. The number of aryl methyl sites for hydroxylation is 2. The third kappa shape index (κ3) is 1.99. The third-order valence-electron chi connectivity index (χ3n) is 4.46. The molecule has 0 aliphatic heterocycles. The van der Waals surface area contributed by atoms with E-state index in [9.17, 15) is 0 Å². The molecule has 4 rings (SSSR count). The van der Waals surface area contributed by atoms with Gasteiger partial charge in [-0.25, -0.2) is 4.98 Å². The second kappa shape index (κ2) is 3.95. The van der Waals surface area contributed by atoms with Crippen molar-refractivity contribution in [2.75, 3.05) is 5.32 Å². The molecule has 2 saturated carbocycles. The molecule has 0 aromatic carbocycles. The summed E-state index contributed by atoms with van der Waals surface area (Å²) in [5.41, 5.74) is 3.19. The molecule has 0 atom stereocenters. The molecule has 4 heteroatoms. The van der Waals surface area contributed by atoms with Crippen molar-refractivity contribution in [3.05, 3.63) is 18.0 Å². The molecule has 0 bridgehead atoms. The number of nitrogens with zero attached hydrogens (tertiary/aromatic N) is 3. The fourth-order valence-electron chi connectivity index (χ4n) is 3.11. The largest absolute Gasteiger partial charge is 0.380 e. The third-order valence-corrected chi connectivity index (χ3v) is 4.46. The predicted molar refractivity (Wildman–Crippen MR) is 76.1 cm³/mol. The minimum absolute atomic E-state index is 0.677. The second-order valence-corrected chi connectivity index (χ2v) is 6.15. The van der Waals surface area contributed by atoms with E-state index in [1.165, 1.54) is 25.7 Å². The first-order valence-corrected chi connectivity index (χ1v) is 7.28. The zero-order chi connectivity index (χ0) is 13.0. The molecule has 2 heterocycles. The average Bonchev–Trinajstić information content (AvgIpc) is 3.27. The summed E-state index contributed by atoms with van der Waals surface area (Å²) in [6, 6.07) is 2.89. The van der Waals surface area contributed by atoms with Gasteiger partial charge in [0, 0.05) is 18.5 Å². The van der Waals surface area contributed by atoms with Crippen LogP contribution in [0.4, 0.5) is 5.69 Å². The van der Waals surface area contributed by atoms with Crippen LogP contribution in [0.1, 0.15) is 31.4 Å². The van der Waals surface area contributed by atoms with Gasteiger partial charge in [-0.1, -0.05) is 0 Å². The van der Waals surface area contributed by atoms with E-state index in [1.54, 1.807) is 0 Å². The van der Waals surface area contributed by atoms with Gasteiger partial charge in [0.1, 0.15) is 0 Å². The molecule has 0 amide bonds. The molecule has 2 aliphatic rings. The molecule has 2 aromatic rings. The lowest BCUT2D eigenvalue weighted by atomic mass is 10.1. The highest BCUT2D eigenvalue weighted by atomic mass is 15.3. The Morgan fingerprint density at radius 1 is 1.26 bits per heavy atom. The summed E-state index contributed by atoms with van der Waals surface area (Å²) in [7, 11) is 1.95. The SMILES string of the molecule is Cc1nn(C)c2ncc(NC(C3CC3)C3CC3)cc12. The van der Waals surface area contributed by atoms with E-state index in [2.05, 4.69) is 21.5 Å². The number of hydrogen-bond donors (Lipinski definition) is 1. The molecule has 19 heavy (non-hydrogen) atoms. The minimum Gasteiger partial charge on any atom is -0.380 e. The fraction of sp³-hybridized carbons (Fsp3) is 0.600. The number of hydrogen-bond acceptors (Lipinski definition) is 3. The maximum Gasteiger partial charge on any atom is 0.157 e. The normalized spacial score (nSPS) is 19.3. The molecule has 0 saturated heterocycles. The van der Waals surface area contributed by atoms with Crippen molar-refractivity contribution in [1.29, 1.82) is 0 Å². The van der Waals surface area contributed by atoms with Crippen molar-refractivity contribution in [3.63, 3.8) is 0 Å². The van der Waals surface area contributed by atoms with Crippen LogP contribution in [0.5, 0.6) is 0 Å². The zero-order valence-electron chi connectivity index (χ0n) is 11.6. The summed E-state index contributed by atoms with van der Waals surface area (Å²) in [6.45, 7) is 2.05. The van der Waals surface area contributed by atoms with Crippen molar-refractivity contribution >= 4 is 16.7 Å². The van der Waals surface area contributed by atoms with Gasteiger partial charge in [0.2, 0.25) is 0 Å². The minimum atomic E-state index is 0.677. The first-order valence-electron chi connectivity index (χ1n) is 7.28. The zero-order valence-corrected chi connectivity index (χ0v) is 11.6. The molecular formula is C15H20N4. The van der Waals surface area contributed by atoms with Crippen LogP contribution in [0.3, 0.4) is 0 Å². The molecule has 2 aliphatic carbocycles. The number of aromatic nitrogens is 3. The van der Waals surface area contributed by atoms with Gasteiger partial charge in [-0.3, -0.25) is 4.68 Å². The fourth-order valence-corrected chi connectivity index (χ4v) is 3.11. The Labute approximate surface area is 113 Å². The van der Waals surface area contributed by atoms with Crippen molar-refractivity contribution in [1.82, 2.24) is 14.8 Å². The van der Waals surface area contributed by atoms with Crippen LogP contribution >= 0.6 is 0 Å². The quantitative estimate of drug-likeness (QED) is 0.914. The van der Waals surface area contributed by atoms with E-state index in [0.717, 1.165) is 34.3 Å². The van der Waals surface area contributed by atoms with Gasteiger partial charge >= 0.3 is 0 Å². The molecule has 2 fully saturated rings. The number of anilines is 1. The Kier molecular flexibility index (Phi) is 2.34. The lowest BCUT2D eigenvalue weighted by Gasteiger charge is -2.18. The Morgan fingerprint density at radius 2 is 1.95 bits per heavy atom. The lowest BCUT2D eigenvalue weighted by Crippen LogP contribution is -2.24. The Bertz CT molecular complexity index is 610. The molecule has 2 aromatic heterocycles. The smallest absolute Gasteiger partial charge is 0.157 e. The Hall–Kier alpha value is -1.58. The first-order chi connectivity index (χ1) is 9.22. The lowest BCUT2D eigenvalue weighted by molar-refractivity contribution is 0.567. The summed E-state index contributed by atoms with van der Waals surface area (Å²) in [5, 5.41) is 9.33. The van der Waals surface area contributed by atoms with E-state index in [4.69, 9.17) is 0 Å².